The molecular weight excluding hydrogens is 412 g/mol. The Balaban J connectivity index is 1.74. The lowest BCUT2D eigenvalue weighted by Crippen LogP contribution is -2.37. The quantitative estimate of drug-likeness (QED) is 0.549. The first-order valence-electron chi connectivity index (χ1n) is 10.4. The van der Waals surface area contributed by atoms with Crippen molar-refractivity contribution in [3.05, 3.63) is 64.2 Å². The van der Waals surface area contributed by atoms with Gasteiger partial charge in [-0.25, -0.2) is 9.59 Å². The first-order valence-corrected chi connectivity index (χ1v) is 10.4. The van der Waals surface area contributed by atoms with Crippen LogP contribution in [0.3, 0.4) is 0 Å². The lowest BCUT2D eigenvalue weighted by Gasteiger charge is -2.20. The van der Waals surface area contributed by atoms with Crippen LogP contribution in [0.1, 0.15) is 63.2 Å². The molecule has 2 N–H and O–H groups in total. The van der Waals surface area contributed by atoms with Gasteiger partial charge in [0, 0.05) is 0 Å². The molecule has 0 radical (unpaired) electrons. The Morgan fingerprint density at radius 2 is 1.53 bits per heavy atom. The molecule has 32 heavy (non-hydrogen) atoms. The van der Waals surface area contributed by atoms with E-state index in [2.05, 4.69) is 27.5 Å². The van der Waals surface area contributed by atoms with Crippen LogP contribution >= 0.6 is 0 Å². The zero-order chi connectivity index (χ0) is 23.3. The Hall–Kier alpha value is -3.68. The van der Waals surface area contributed by atoms with Crippen molar-refractivity contribution < 1.29 is 28.7 Å². The number of rotatable bonds is 5. The highest BCUT2D eigenvalue weighted by molar-refractivity contribution is 6.40. The molecule has 1 aliphatic rings. The van der Waals surface area contributed by atoms with Gasteiger partial charge in [0.2, 0.25) is 0 Å². The van der Waals surface area contributed by atoms with E-state index in [9.17, 15) is 19.2 Å². The average molecular weight is 438 g/mol. The molecule has 168 valence electrons. The molecule has 2 aromatic rings. The van der Waals surface area contributed by atoms with Crippen LogP contribution in [0.15, 0.2) is 36.4 Å². The topological polar surface area (TPSA) is 111 Å². The van der Waals surface area contributed by atoms with Crippen LogP contribution in [-0.2, 0) is 31.9 Å². The van der Waals surface area contributed by atoms with E-state index in [1.807, 2.05) is 6.07 Å². The first-order chi connectivity index (χ1) is 15.3. The minimum absolute atomic E-state index is 0.00374. The van der Waals surface area contributed by atoms with Crippen molar-refractivity contribution in [3.8, 4) is 0 Å². The fourth-order valence-corrected chi connectivity index (χ4v) is 3.73. The normalized spacial score (nSPS) is 13.3. The predicted octanol–water partition coefficient (Wildman–Crippen LogP) is 2.95. The van der Waals surface area contributed by atoms with E-state index < -0.39 is 23.8 Å². The summed E-state index contributed by atoms with van der Waals surface area (Å²) in [5, 5.41) is 5.07. The van der Waals surface area contributed by atoms with Crippen LogP contribution in [0.25, 0.3) is 0 Å². The van der Waals surface area contributed by atoms with Crippen molar-refractivity contribution in [3.63, 3.8) is 0 Å². The lowest BCUT2D eigenvalue weighted by molar-refractivity contribution is -0.136. The third kappa shape index (κ3) is 5.14. The minimum atomic E-state index is -0.970. The molecule has 0 saturated carbocycles. The SMILES string of the molecule is COC(=O)c1ccc(C(=O)OC)c(NC(=O)C(=O)NC(C)c2ccc3c(c2)CCCC3)c1. The maximum Gasteiger partial charge on any atom is 0.339 e. The Labute approximate surface area is 186 Å². The van der Waals surface area contributed by atoms with Crippen molar-refractivity contribution >= 4 is 29.4 Å². The number of carbonyl (C=O) groups excluding carboxylic acids is 4. The highest BCUT2D eigenvalue weighted by Gasteiger charge is 2.22. The Bertz CT molecular complexity index is 1060. The molecular formula is C24H26N2O6. The van der Waals surface area contributed by atoms with Gasteiger partial charge in [0.15, 0.2) is 0 Å². The molecule has 0 bridgehead atoms. The molecule has 0 fully saturated rings. The number of nitrogens with one attached hydrogen (secondary N) is 2. The molecule has 8 heteroatoms. The van der Waals surface area contributed by atoms with Crippen LogP contribution in [0, 0.1) is 0 Å². The number of anilines is 1. The van der Waals surface area contributed by atoms with Gasteiger partial charge in [-0.15, -0.1) is 0 Å². The predicted molar refractivity (Wildman–Crippen MR) is 117 cm³/mol. The molecule has 0 heterocycles. The minimum Gasteiger partial charge on any atom is -0.465 e. The fraction of sp³-hybridized carbons (Fsp3) is 0.333. The summed E-state index contributed by atoms with van der Waals surface area (Å²) >= 11 is 0. The summed E-state index contributed by atoms with van der Waals surface area (Å²) in [6.45, 7) is 1.80. The van der Waals surface area contributed by atoms with Gasteiger partial charge >= 0.3 is 23.8 Å². The van der Waals surface area contributed by atoms with Crippen LogP contribution in [0.2, 0.25) is 0 Å². The molecule has 3 rings (SSSR count). The van der Waals surface area contributed by atoms with E-state index in [-0.39, 0.29) is 22.9 Å². The monoisotopic (exact) mass is 438 g/mol. The smallest absolute Gasteiger partial charge is 0.339 e. The van der Waals surface area contributed by atoms with Gasteiger partial charge in [-0.2, -0.15) is 0 Å². The van der Waals surface area contributed by atoms with Crippen molar-refractivity contribution in [2.45, 2.75) is 38.6 Å². The number of carbonyl (C=O) groups is 4. The second kappa shape index (κ2) is 10.1. The Kier molecular flexibility index (Phi) is 7.25. The first kappa shape index (κ1) is 23.0. The van der Waals surface area contributed by atoms with Crippen molar-refractivity contribution in [1.82, 2.24) is 5.32 Å². The molecule has 1 unspecified atom stereocenters. The molecule has 1 atom stereocenters. The second-order valence-electron chi connectivity index (χ2n) is 7.63. The van der Waals surface area contributed by atoms with Gasteiger partial charge in [-0.1, -0.05) is 18.2 Å². The van der Waals surface area contributed by atoms with E-state index in [0.29, 0.717) is 0 Å². The zero-order valence-corrected chi connectivity index (χ0v) is 18.3. The number of hydrogen-bond acceptors (Lipinski definition) is 6. The summed E-state index contributed by atoms with van der Waals surface area (Å²) in [5.41, 5.74) is 3.61. The van der Waals surface area contributed by atoms with Gasteiger partial charge in [-0.3, -0.25) is 9.59 Å². The summed E-state index contributed by atoms with van der Waals surface area (Å²) in [4.78, 5) is 48.9. The highest BCUT2D eigenvalue weighted by Crippen LogP contribution is 2.25. The lowest BCUT2D eigenvalue weighted by atomic mass is 9.89. The van der Waals surface area contributed by atoms with Crippen LogP contribution in [0.5, 0.6) is 0 Å². The van der Waals surface area contributed by atoms with Gasteiger partial charge in [0.25, 0.3) is 0 Å². The number of hydrogen-bond donors (Lipinski definition) is 2. The number of aryl methyl sites for hydroxylation is 2. The van der Waals surface area contributed by atoms with E-state index in [0.717, 1.165) is 24.8 Å². The average Bonchev–Trinajstić information content (AvgIpc) is 2.82. The highest BCUT2D eigenvalue weighted by atomic mass is 16.5. The number of esters is 2. The van der Waals surface area contributed by atoms with E-state index >= 15 is 0 Å². The van der Waals surface area contributed by atoms with Crippen molar-refractivity contribution in [2.75, 3.05) is 19.5 Å². The Morgan fingerprint density at radius 1 is 0.844 bits per heavy atom. The Morgan fingerprint density at radius 3 is 2.22 bits per heavy atom. The number of fused-ring (bicyclic) bond motifs is 1. The van der Waals surface area contributed by atoms with Crippen molar-refractivity contribution in [1.29, 1.82) is 0 Å². The number of benzene rings is 2. The van der Waals surface area contributed by atoms with Crippen LogP contribution in [0.4, 0.5) is 5.69 Å². The molecule has 0 aromatic heterocycles. The van der Waals surface area contributed by atoms with Crippen molar-refractivity contribution in [2.24, 2.45) is 0 Å². The van der Waals surface area contributed by atoms with Crippen LogP contribution in [-0.4, -0.2) is 38.0 Å². The maximum atomic E-state index is 12.5. The second-order valence-corrected chi connectivity index (χ2v) is 7.63. The van der Waals surface area contributed by atoms with Crippen LogP contribution < -0.4 is 10.6 Å². The molecule has 0 spiro atoms. The molecule has 0 aliphatic heterocycles. The van der Waals surface area contributed by atoms with Gasteiger partial charge in [-0.05, 0) is 67.5 Å². The summed E-state index contributed by atoms with van der Waals surface area (Å²) in [7, 11) is 2.40. The zero-order valence-electron chi connectivity index (χ0n) is 18.3. The third-order valence-electron chi connectivity index (χ3n) is 5.52. The summed E-state index contributed by atoms with van der Waals surface area (Å²) in [5.74, 6) is -3.21. The molecule has 2 amide bonds. The number of methoxy groups -OCH3 is 2. The third-order valence-corrected chi connectivity index (χ3v) is 5.52. The van der Waals surface area contributed by atoms with Gasteiger partial charge in [0.1, 0.15) is 0 Å². The maximum absolute atomic E-state index is 12.5. The fourth-order valence-electron chi connectivity index (χ4n) is 3.73. The van der Waals surface area contributed by atoms with Gasteiger partial charge < -0.3 is 20.1 Å². The number of amides is 2. The van der Waals surface area contributed by atoms with E-state index in [1.54, 1.807) is 6.92 Å². The van der Waals surface area contributed by atoms with E-state index in [4.69, 9.17) is 4.74 Å². The van der Waals surface area contributed by atoms with E-state index in [1.165, 1.54) is 50.0 Å². The van der Waals surface area contributed by atoms with Gasteiger partial charge in [0.05, 0.1) is 37.1 Å². The molecule has 8 nitrogen and oxygen atoms in total. The standard InChI is InChI=1S/C24H26N2O6/c1-14(16-9-8-15-6-4-5-7-17(15)12-16)25-21(27)22(28)26-20-13-18(23(29)31-2)10-11-19(20)24(30)32-3/h8-14H,4-7H2,1-3H3,(H,25,27)(H,26,28). The molecule has 1 aliphatic carbocycles. The summed E-state index contributed by atoms with van der Waals surface area (Å²) in [6, 6.07) is 9.67. The largest absolute Gasteiger partial charge is 0.465 e. The molecule has 2 aromatic carbocycles. The number of ether oxygens (including phenoxy) is 2. The summed E-state index contributed by atoms with van der Waals surface area (Å²) in [6.07, 6.45) is 4.40. The molecule has 0 saturated heterocycles. The summed E-state index contributed by atoms with van der Waals surface area (Å²) < 4.78 is 9.37.